The quantitative estimate of drug-likeness (QED) is 0.0368. The minimum absolute atomic E-state index is 0.00282. The third-order valence-corrected chi connectivity index (χ3v) is 13.4. The van der Waals surface area contributed by atoms with Crippen molar-refractivity contribution in [3.8, 4) is 5.75 Å². The van der Waals surface area contributed by atoms with Gasteiger partial charge in [-0.25, -0.2) is 4.39 Å². The number of halogens is 3. The molecule has 0 radical (unpaired) electrons. The zero-order valence-electron chi connectivity index (χ0n) is 42.7. The lowest BCUT2D eigenvalue weighted by molar-refractivity contribution is -0.140. The Labute approximate surface area is 453 Å². The number of hydrogen-bond acceptors (Lipinski definition) is 17. The second-order valence-corrected chi connectivity index (χ2v) is 18.9. The van der Waals surface area contributed by atoms with Crippen molar-refractivity contribution in [2.75, 3.05) is 102 Å². The lowest BCUT2D eigenvalue weighted by Gasteiger charge is -2.44. The number of rotatable bonds is 26. The van der Waals surface area contributed by atoms with Gasteiger partial charge in [-0.15, -0.1) is 10.2 Å². The van der Waals surface area contributed by atoms with E-state index in [1.807, 2.05) is 13.8 Å². The first-order chi connectivity index (χ1) is 37.0. The standard InChI is InChI=1S/C52H60Cl2FN9O13/c1-30-28-62(50(69)33-7-9-34(10-8-33)58-48(67)39-27-41(47(56)61-60-39)77-32(3)44-36(53)11-12-37(55)46(44)54)29-31(2)63(30)43(66)15-17-72-19-21-74-23-25-76-26-24-75-22-20-73-18-16-57-38-6-4-5-35-45(38)52(71)64(51(35)70)40-13-14-42(65)59-49(40)68/h4-12,27,30-32,40,57H,13-26,28-29H2,1-3H3,(H2,56,61)(H,58,67)(H,59,65,68)/t30-,31+,32-,40?/m1/s1. The number of nitrogens with zero attached hydrogens (tertiary/aromatic N) is 5. The molecule has 2 saturated heterocycles. The molecule has 4 atom stereocenters. The summed E-state index contributed by atoms with van der Waals surface area (Å²) in [5.74, 6) is -3.98. The van der Waals surface area contributed by atoms with E-state index in [1.54, 1.807) is 53.1 Å². The summed E-state index contributed by atoms with van der Waals surface area (Å²) < 4.78 is 47.9. The molecule has 5 N–H and O–H groups in total. The molecule has 0 aliphatic carbocycles. The molecule has 22 nitrogen and oxygen atoms in total. The molecule has 7 amide bonds. The number of piperazine rings is 1. The topological polar surface area (TPSA) is 272 Å². The van der Waals surface area contributed by atoms with Crippen LogP contribution in [0.3, 0.4) is 0 Å². The fourth-order valence-electron chi connectivity index (χ4n) is 9.00. The summed E-state index contributed by atoms with van der Waals surface area (Å²) in [7, 11) is 0. The first-order valence-corrected chi connectivity index (χ1v) is 25.7. The molecule has 3 aromatic carbocycles. The molecule has 3 aliphatic heterocycles. The van der Waals surface area contributed by atoms with Gasteiger partial charge in [0.25, 0.3) is 23.6 Å². The first kappa shape index (κ1) is 57.8. The van der Waals surface area contributed by atoms with E-state index in [0.717, 1.165) is 11.0 Å². The summed E-state index contributed by atoms with van der Waals surface area (Å²) >= 11 is 12.4. The van der Waals surface area contributed by atoms with E-state index in [9.17, 15) is 38.0 Å². The number of piperidine rings is 1. The highest BCUT2D eigenvalue weighted by Crippen LogP contribution is 2.36. The molecule has 0 bridgehead atoms. The molecule has 7 rings (SSSR count). The van der Waals surface area contributed by atoms with Crippen LogP contribution in [0.15, 0.2) is 60.7 Å². The molecule has 25 heteroatoms. The van der Waals surface area contributed by atoms with Gasteiger partial charge in [-0.05, 0) is 75.7 Å². The number of carbonyl (C=O) groups excluding carboxylic acids is 7. The van der Waals surface area contributed by atoms with Gasteiger partial charge >= 0.3 is 0 Å². The molecule has 3 aliphatic rings. The molecule has 2 fully saturated rings. The van der Waals surface area contributed by atoms with Crippen LogP contribution in [-0.4, -0.2) is 170 Å². The number of hydrogen-bond donors (Lipinski definition) is 4. The van der Waals surface area contributed by atoms with Crippen LogP contribution in [0.2, 0.25) is 10.0 Å². The van der Waals surface area contributed by atoms with Crippen LogP contribution < -0.4 is 26.4 Å². The van der Waals surface area contributed by atoms with Crippen molar-refractivity contribution in [2.45, 2.75) is 64.3 Å². The number of benzene rings is 3. The maximum Gasteiger partial charge on any atom is 0.276 e. The van der Waals surface area contributed by atoms with Crippen molar-refractivity contribution in [3.63, 3.8) is 0 Å². The van der Waals surface area contributed by atoms with E-state index in [2.05, 4.69) is 26.1 Å². The van der Waals surface area contributed by atoms with Gasteiger partial charge in [-0.1, -0.05) is 29.3 Å². The van der Waals surface area contributed by atoms with Crippen molar-refractivity contribution in [3.05, 3.63) is 104 Å². The first-order valence-electron chi connectivity index (χ1n) is 25.0. The van der Waals surface area contributed by atoms with Gasteiger partial charge in [0.15, 0.2) is 17.3 Å². The third kappa shape index (κ3) is 14.8. The molecular formula is C52H60Cl2FN9O13. The summed E-state index contributed by atoms with van der Waals surface area (Å²) in [6.07, 6.45) is -0.567. The van der Waals surface area contributed by atoms with Crippen LogP contribution in [0.4, 0.5) is 21.6 Å². The lowest BCUT2D eigenvalue weighted by atomic mass is 10.0. The van der Waals surface area contributed by atoms with Gasteiger partial charge in [0, 0.05) is 71.7 Å². The van der Waals surface area contributed by atoms with Gasteiger partial charge in [0.1, 0.15) is 18.0 Å². The molecule has 1 aromatic heterocycles. The number of ether oxygens (including phenoxy) is 6. The highest BCUT2D eigenvalue weighted by molar-refractivity contribution is 6.36. The van der Waals surface area contributed by atoms with Crippen LogP contribution in [0.25, 0.3) is 0 Å². The van der Waals surface area contributed by atoms with E-state index in [4.69, 9.17) is 57.4 Å². The number of carbonyl (C=O) groups is 7. The van der Waals surface area contributed by atoms with E-state index in [-0.39, 0.29) is 93.8 Å². The van der Waals surface area contributed by atoms with Crippen molar-refractivity contribution >= 4 is 81.7 Å². The predicted octanol–water partition coefficient (Wildman–Crippen LogP) is 4.94. The van der Waals surface area contributed by atoms with Gasteiger partial charge in [0.2, 0.25) is 17.7 Å². The van der Waals surface area contributed by atoms with Crippen molar-refractivity contribution in [1.82, 2.24) is 30.2 Å². The average Bonchev–Trinajstić information content (AvgIpc) is 3.70. The van der Waals surface area contributed by atoms with E-state index < -0.39 is 47.5 Å². The molecule has 1 unspecified atom stereocenters. The average molecular weight is 1110 g/mol. The molecule has 0 saturated carbocycles. The smallest absolute Gasteiger partial charge is 0.276 e. The van der Waals surface area contributed by atoms with E-state index in [1.165, 1.54) is 18.2 Å². The zero-order valence-corrected chi connectivity index (χ0v) is 44.2. The van der Waals surface area contributed by atoms with Crippen molar-refractivity contribution < 1.29 is 66.4 Å². The minimum Gasteiger partial charge on any atom is -0.482 e. The van der Waals surface area contributed by atoms with Crippen LogP contribution >= 0.6 is 23.2 Å². The summed E-state index contributed by atoms with van der Waals surface area (Å²) in [6, 6.07) is 13.4. The summed E-state index contributed by atoms with van der Waals surface area (Å²) in [5.41, 5.74) is 7.63. The maximum atomic E-state index is 14.1. The fraction of sp³-hybridized carbons (Fsp3) is 0.442. The van der Waals surface area contributed by atoms with E-state index >= 15 is 0 Å². The Bertz CT molecular complexity index is 2800. The normalized spacial score (nSPS) is 17.8. The number of amides is 7. The maximum absolute atomic E-state index is 14.1. The monoisotopic (exact) mass is 1110 g/mol. The Morgan fingerprint density at radius 2 is 1.44 bits per heavy atom. The Balaban J connectivity index is 0.699. The SMILES string of the molecule is C[C@@H]1CN(C(=O)c2ccc(NC(=O)c3cc(O[C@H](C)c4c(Cl)ccc(F)c4Cl)c(N)nn3)cc2)C[C@H](C)N1C(=O)CCOCCOCCOCCOCCOCCNc1cccc2c1C(=O)N(C1CCC(=O)NC1=O)C2=O. The second kappa shape index (κ2) is 27.5. The van der Waals surface area contributed by atoms with Gasteiger partial charge in [-0.2, -0.15) is 0 Å². The number of nitrogens with one attached hydrogen (secondary N) is 3. The van der Waals surface area contributed by atoms with Crippen LogP contribution in [0.1, 0.15) is 93.3 Å². The molecular weight excluding hydrogens is 1050 g/mol. The van der Waals surface area contributed by atoms with Crippen LogP contribution in [0, 0.1) is 5.82 Å². The number of aromatic nitrogens is 2. The molecule has 4 heterocycles. The largest absolute Gasteiger partial charge is 0.482 e. The van der Waals surface area contributed by atoms with Crippen molar-refractivity contribution in [1.29, 1.82) is 0 Å². The number of nitrogens with two attached hydrogens (primary N) is 1. The van der Waals surface area contributed by atoms with Gasteiger partial charge < -0.3 is 54.6 Å². The van der Waals surface area contributed by atoms with Crippen LogP contribution in [-0.2, 0) is 38.1 Å². The van der Waals surface area contributed by atoms with Crippen LogP contribution in [0.5, 0.6) is 5.75 Å². The summed E-state index contributed by atoms with van der Waals surface area (Å²) in [5, 5.41) is 15.7. The fourth-order valence-corrected chi connectivity index (χ4v) is 9.68. The Hall–Kier alpha value is -6.86. The predicted molar refractivity (Wildman–Crippen MR) is 278 cm³/mol. The van der Waals surface area contributed by atoms with E-state index in [0.29, 0.717) is 96.0 Å². The number of anilines is 3. The third-order valence-electron chi connectivity index (χ3n) is 12.7. The molecule has 412 valence electrons. The number of imide groups is 2. The highest BCUT2D eigenvalue weighted by Gasteiger charge is 2.45. The van der Waals surface area contributed by atoms with Gasteiger partial charge in [-0.3, -0.25) is 43.8 Å². The molecule has 0 spiro atoms. The summed E-state index contributed by atoms with van der Waals surface area (Å²) in [6.45, 7) is 9.60. The Kier molecular flexibility index (Phi) is 20.6. The summed E-state index contributed by atoms with van der Waals surface area (Å²) in [4.78, 5) is 94.6. The zero-order chi connectivity index (χ0) is 55.2. The minimum atomic E-state index is -1.04. The Morgan fingerprint density at radius 1 is 0.818 bits per heavy atom. The number of nitrogen functional groups attached to an aromatic ring is 1. The number of fused-ring (bicyclic) bond motifs is 1. The Morgan fingerprint density at radius 3 is 2.08 bits per heavy atom. The van der Waals surface area contributed by atoms with Gasteiger partial charge in [0.05, 0.1) is 88.6 Å². The molecule has 77 heavy (non-hydrogen) atoms. The lowest BCUT2D eigenvalue weighted by Crippen LogP contribution is -2.59. The second-order valence-electron chi connectivity index (χ2n) is 18.2. The highest BCUT2D eigenvalue weighted by atomic mass is 35.5. The molecule has 4 aromatic rings. The van der Waals surface area contributed by atoms with Crippen molar-refractivity contribution in [2.24, 2.45) is 0 Å².